The SMILES string of the molecule is CN1CCN(Cc2nc3cc(F)cc(F)c3o2)CC1. The summed E-state index contributed by atoms with van der Waals surface area (Å²) in [4.78, 5) is 8.59. The average Bonchev–Trinajstić information content (AvgIpc) is 2.75. The number of rotatable bonds is 2. The molecule has 1 aromatic heterocycles. The molecule has 1 aliphatic heterocycles. The molecule has 0 atom stereocenters. The van der Waals surface area contributed by atoms with Gasteiger partial charge in [-0.1, -0.05) is 0 Å². The summed E-state index contributed by atoms with van der Waals surface area (Å²) in [5.41, 5.74) is 0.271. The number of nitrogens with zero attached hydrogens (tertiary/aromatic N) is 3. The van der Waals surface area contributed by atoms with Crippen molar-refractivity contribution in [3.05, 3.63) is 29.7 Å². The first-order valence-electron chi connectivity index (χ1n) is 6.27. The lowest BCUT2D eigenvalue weighted by atomic mass is 10.3. The molecule has 0 unspecified atom stereocenters. The summed E-state index contributed by atoms with van der Waals surface area (Å²) in [6.45, 7) is 4.36. The van der Waals surface area contributed by atoms with E-state index in [-0.39, 0.29) is 11.1 Å². The molecule has 0 bridgehead atoms. The monoisotopic (exact) mass is 267 g/mol. The summed E-state index contributed by atoms with van der Waals surface area (Å²) in [6.07, 6.45) is 0. The second-order valence-electron chi connectivity index (χ2n) is 4.92. The van der Waals surface area contributed by atoms with Crippen LogP contribution in [-0.4, -0.2) is 48.0 Å². The molecule has 2 aromatic rings. The van der Waals surface area contributed by atoms with Crippen LogP contribution in [0.5, 0.6) is 0 Å². The van der Waals surface area contributed by atoms with E-state index < -0.39 is 11.6 Å². The van der Waals surface area contributed by atoms with Crippen LogP contribution in [0.3, 0.4) is 0 Å². The van der Waals surface area contributed by atoms with Gasteiger partial charge in [0.15, 0.2) is 11.4 Å². The van der Waals surface area contributed by atoms with E-state index in [4.69, 9.17) is 4.42 Å². The first-order chi connectivity index (χ1) is 9.11. The fourth-order valence-electron chi connectivity index (χ4n) is 2.27. The minimum absolute atomic E-state index is 0.0329. The molecule has 1 aromatic carbocycles. The van der Waals surface area contributed by atoms with Crippen LogP contribution in [0, 0.1) is 11.6 Å². The highest BCUT2D eigenvalue weighted by atomic mass is 19.1. The zero-order valence-electron chi connectivity index (χ0n) is 10.7. The largest absolute Gasteiger partial charge is 0.436 e. The molecule has 4 nitrogen and oxygen atoms in total. The highest BCUT2D eigenvalue weighted by Crippen LogP contribution is 2.21. The Bertz CT molecular complexity index is 591. The van der Waals surface area contributed by atoms with E-state index in [2.05, 4.69) is 21.8 Å². The summed E-state index contributed by atoms with van der Waals surface area (Å²) >= 11 is 0. The second kappa shape index (κ2) is 4.86. The molecule has 19 heavy (non-hydrogen) atoms. The highest BCUT2D eigenvalue weighted by Gasteiger charge is 2.18. The average molecular weight is 267 g/mol. The lowest BCUT2D eigenvalue weighted by molar-refractivity contribution is 0.139. The van der Waals surface area contributed by atoms with Crippen molar-refractivity contribution in [2.75, 3.05) is 33.2 Å². The number of fused-ring (bicyclic) bond motifs is 1. The van der Waals surface area contributed by atoms with Gasteiger partial charge < -0.3 is 9.32 Å². The summed E-state index contributed by atoms with van der Waals surface area (Å²) in [5.74, 6) is -0.902. The molecule has 1 aliphatic rings. The molecule has 0 spiro atoms. The smallest absolute Gasteiger partial charge is 0.209 e. The fraction of sp³-hybridized carbons (Fsp3) is 0.462. The predicted molar refractivity (Wildman–Crippen MR) is 66.7 cm³/mol. The van der Waals surface area contributed by atoms with Crippen LogP contribution < -0.4 is 0 Å². The van der Waals surface area contributed by atoms with Gasteiger partial charge in [0.2, 0.25) is 5.89 Å². The van der Waals surface area contributed by atoms with Crippen molar-refractivity contribution in [1.82, 2.24) is 14.8 Å². The number of benzene rings is 1. The van der Waals surface area contributed by atoms with Crippen LogP contribution in [0.15, 0.2) is 16.5 Å². The first kappa shape index (κ1) is 12.5. The van der Waals surface area contributed by atoms with Gasteiger partial charge in [0.25, 0.3) is 0 Å². The zero-order valence-corrected chi connectivity index (χ0v) is 10.7. The molecule has 0 N–H and O–H groups in total. The van der Waals surface area contributed by atoms with E-state index in [1.165, 1.54) is 6.07 Å². The quantitative estimate of drug-likeness (QED) is 0.831. The fourth-order valence-corrected chi connectivity index (χ4v) is 2.27. The molecule has 0 saturated carbocycles. The lowest BCUT2D eigenvalue weighted by Crippen LogP contribution is -2.43. The summed E-state index contributed by atoms with van der Waals surface area (Å²) < 4.78 is 31.9. The Morgan fingerprint density at radius 3 is 2.68 bits per heavy atom. The highest BCUT2D eigenvalue weighted by molar-refractivity contribution is 5.73. The number of oxazole rings is 1. The maximum absolute atomic E-state index is 13.5. The molecule has 1 fully saturated rings. The Labute approximate surface area is 109 Å². The zero-order chi connectivity index (χ0) is 13.4. The van der Waals surface area contributed by atoms with Crippen molar-refractivity contribution in [2.45, 2.75) is 6.54 Å². The minimum atomic E-state index is -0.702. The number of halogens is 2. The number of hydrogen-bond donors (Lipinski definition) is 0. The van der Waals surface area contributed by atoms with Crippen molar-refractivity contribution in [3.8, 4) is 0 Å². The van der Waals surface area contributed by atoms with Crippen molar-refractivity contribution in [1.29, 1.82) is 0 Å². The van der Waals surface area contributed by atoms with Crippen molar-refractivity contribution in [3.63, 3.8) is 0 Å². The summed E-state index contributed by atoms with van der Waals surface area (Å²) in [6, 6.07) is 2.00. The van der Waals surface area contributed by atoms with Gasteiger partial charge in [0.05, 0.1) is 6.54 Å². The van der Waals surface area contributed by atoms with Crippen molar-refractivity contribution in [2.24, 2.45) is 0 Å². The number of hydrogen-bond acceptors (Lipinski definition) is 4. The lowest BCUT2D eigenvalue weighted by Gasteiger charge is -2.31. The van der Waals surface area contributed by atoms with Gasteiger partial charge in [-0.3, -0.25) is 4.90 Å². The molecule has 6 heteroatoms. The maximum Gasteiger partial charge on any atom is 0.209 e. The molecular formula is C13H15F2N3O. The van der Waals surface area contributed by atoms with E-state index in [1.807, 2.05) is 0 Å². The van der Waals surface area contributed by atoms with Gasteiger partial charge in [-0.2, -0.15) is 0 Å². The van der Waals surface area contributed by atoms with E-state index in [1.54, 1.807) is 0 Å². The molecule has 1 saturated heterocycles. The minimum Gasteiger partial charge on any atom is -0.436 e. The van der Waals surface area contributed by atoms with Crippen molar-refractivity contribution >= 4 is 11.1 Å². The van der Waals surface area contributed by atoms with Gasteiger partial charge in [-0.05, 0) is 7.05 Å². The Hall–Kier alpha value is -1.53. The van der Waals surface area contributed by atoms with E-state index in [0.717, 1.165) is 32.2 Å². The van der Waals surface area contributed by atoms with Gasteiger partial charge in [-0.25, -0.2) is 13.8 Å². The standard InChI is InChI=1S/C13H15F2N3O/c1-17-2-4-18(5-3-17)8-12-16-11-7-9(14)6-10(15)13(11)19-12/h6-7H,2-5,8H2,1H3. The van der Waals surface area contributed by atoms with Crippen LogP contribution in [-0.2, 0) is 6.54 Å². The third-order valence-electron chi connectivity index (χ3n) is 3.41. The maximum atomic E-state index is 13.5. The van der Waals surface area contributed by atoms with Crippen LogP contribution in [0.2, 0.25) is 0 Å². The summed E-state index contributed by atoms with van der Waals surface area (Å²) in [7, 11) is 2.08. The second-order valence-corrected chi connectivity index (χ2v) is 4.92. The Balaban J connectivity index is 1.80. The Morgan fingerprint density at radius 1 is 1.21 bits per heavy atom. The van der Waals surface area contributed by atoms with E-state index >= 15 is 0 Å². The number of aromatic nitrogens is 1. The van der Waals surface area contributed by atoms with Crippen LogP contribution >= 0.6 is 0 Å². The normalized spacial score (nSPS) is 18.3. The molecule has 0 aliphatic carbocycles. The Morgan fingerprint density at radius 2 is 1.95 bits per heavy atom. The van der Waals surface area contributed by atoms with E-state index in [9.17, 15) is 8.78 Å². The van der Waals surface area contributed by atoms with Crippen molar-refractivity contribution < 1.29 is 13.2 Å². The third-order valence-corrected chi connectivity index (χ3v) is 3.41. The third kappa shape index (κ3) is 2.59. The van der Waals surface area contributed by atoms with Gasteiger partial charge in [0.1, 0.15) is 11.3 Å². The molecule has 3 rings (SSSR count). The predicted octanol–water partition coefficient (Wildman–Crippen LogP) is 1.85. The van der Waals surface area contributed by atoms with Gasteiger partial charge in [-0.15, -0.1) is 0 Å². The van der Waals surface area contributed by atoms with Crippen LogP contribution in [0.25, 0.3) is 11.1 Å². The Kier molecular flexibility index (Phi) is 3.20. The number of piperazine rings is 1. The molecule has 0 amide bonds. The number of likely N-dealkylation sites (N-methyl/N-ethyl adjacent to an activating group) is 1. The molecule has 102 valence electrons. The van der Waals surface area contributed by atoms with Crippen LogP contribution in [0.4, 0.5) is 8.78 Å². The summed E-state index contributed by atoms with van der Waals surface area (Å²) in [5, 5.41) is 0. The van der Waals surface area contributed by atoms with Gasteiger partial charge in [0, 0.05) is 38.3 Å². The van der Waals surface area contributed by atoms with Gasteiger partial charge >= 0.3 is 0 Å². The van der Waals surface area contributed by atoms with E-state index in [0.29, 0.717) is 12.4 Å². The molecular weight excluding hydrogens is 252 g/mol. The molecule has 0 radical (unpaired) electrons. The van der Waals surface area contributed by atoms with Crippen LogP contribution in [0.1, 0.15) is 5.89 Å². The topological polar surface area (TPSA) is 32.5 Å². The first-order valence-corrected chi connectivity index (χ1v) is 6.27. The molecule has 2 heterocycles.